The predicted octanol–water partition coefficient (Wildman–Crippen LogP) is 4.71. The first-order valence-electron chi connectivity index (χ1n) is 5.45. The Kier molecular flexibility index (Phi) is 3.63. The Morgan fingerprint density at radius 1 is 1.20 bits per heavy atom. The first-order valence-corrected chi connectivity index (χ1v) is 5.83. The van der Waals surface area contributed by atoms with Crippen LogP contribution < -0.4 is 0 Å². The van der Waals surface area contributed by atoms with E-state index in [9.17, 15) is 0 Å². The summed E-state index contributed by atoms with van der Waals surface area (Å²) in [6, 6.07) is 7.95. The van der Waals surface area contributed by atoms with E-state index in [1.165, 1.54) is 24.8 Å². The number of rotatable bonds is 2. The third-order valence-electron chi connectivity index (χ3n) is 2.70. The lowest BCUT2D eigenvalue weighted by Gasteiger charge is -2.11. The van der Waals surface area contributed by atoms with E-state index in [0.29, 0.717) is 5.92 Å². The average Bonchev–Trinajstić information content (AvgIpc) is 2.30. The summed E-state index contributed by atoms with van der Waals surface area (Å²) in [4.78, 5) is 0. The van der Waals surface area contributed by atoms with E-state index < -0.39 is 0 Å². The topological polar surface area (TPSA) is 0 Å². The van der Waals surface area contributed by atoms with Crippen molar-refractivity contribution in [1.82, 2.24) is 0 Å². The first kappa shape index (κ1) is 10.5. The van der Waals surface area contributed by atoms with Crippen LogP contribution in [0.15, 0.2) is 42.5 Å². The molecule has 1 aliphatic carbocycles. The molecule has 0 amide bonds. The van der Waals surface area contributed by atoms with Gasteiger partial charge < -0.3 is 0 Å². The van der Waals surface area contributed by atoms with Gasteiger partial charge in [-0.3, -0.25) is 0 Å². The minimum Gasteiger partial charge on any atom is -0.0879 e. The van der Waals surface area contributed by atoms with Crippen molar-refractivity contribution in [3.8, 4) is 0 Å². The summed E-state index contributed by atoms with van der Waals surface area (Å²) in [6.07, 6.45) is 12.9. The zero-order chi connectivity index (χ0) is 10.5. The predicted molar refractivity (Wildman–Crippen MR) is 67.0 cm³/mol. The highest BCUT2D eigenvalue weighted by Crippen LogP contribution is 2.19. The second kappa shape index (κ2) is 5.18. The Labute approximate surface area is 96.3 Å². The normalized spacial score (nSPS) is 21.0. The summed E-state index contributed by atoms with van der Waals surface area (Å²) in [6.45, 7) is 0. The minimum absolute atomic E-state index is 0.620. The third-order valence-corrected chi connectivity index (χ3v) is 2.95. The second-order valence-corrected chi connectivity index (χ2v) is 4.37. The highest BCUT2D eigenvalue weighted by molar-refractivity contribution is 6.30. The van der Waals surface area contributed by atoms with E-state index in [0.717, 1.165) is 5.02 Å². The van der Waals surface area contributed by atoms with Crippen molar-refractivity contribution in [2.75, 3.05) is 0 Å². The molecule has 0 aromatic heterocycles. The fraction of sp³-hybridized carbons (Fsp3) is 0.286. The molecular formula is C14H15Cl. The van der Waals surface area contributed by atoms with E-state index in [2.05, 4.69) is 24.3 Å². The first-order chi connectivity index (χ1) is 7.34. The van der Waals surface area contributed by atoms with Crippen LogP contribution >= 0.6 is 11.6 Å². The molecule has 0 saturated heterocycles. The van der Waals surface area contributed by atoms with Gasteiger partial charge in [-0.05, 0) is 42.9 Å². The van der Waals surface area contributed by atoms with Crippen molar-refractivity contribution < 1.29 is 0 Å². The lowest BCUT2D eigenvalue weighted by atomic mass is 9.95. The molecule has 0 saturated carbocycles. The van der Waals surface area contributed by atoms with Crippen LogP contribution in [-0.4, -0.2) is 0 Å². The van der Waals surface area contributed by atoms with Gasteiger partial charge in [-0.15, -0.1) is 0 Å². The van der Waals surface area contributed by atoms with Gasteiger partial charge in [-0.1, -0.05) is 48.0 Å². The number of halogens is 1. The van der Waals surface area contributed by atoms with Crippen LogP contribution in [0, 0.1) is 5.92 Å². The Morgan fingerprint density at radius 3 is 2.67 bits per heavy atom. The van der Waals surface area contributed by atoms with Crippen LogP contribution in [0.2, 0.25) is 5.02 Å². The maximum Gasteiger partial charge on any atom is 0.0406 e. The van der Waals surface area contributed by atoms with E-state index >= 15 is 0 Å². The number of benzene rings is 1. The molecule has 78 valence electrons. The molecular weight excluding hydrogens is 204 g/mol. The Bertz CT molecular complexity index is 359. The van der Waals surface area contributed by atoms with Gasteiger partial charge in [0.25, 0.3) is 0 Å². The minimum atomic E-state index is 0.620. The molecule has 1 aliphatic rings. The van der Waals surface area contributed by atoms with Gasteiger partial charge >= 0.3 is 0 Å². The molecule has 0 aliphatic heterocycles. The number of allylic oxidation sites excluding steroid dienone is 3. The van der Waals surface area contributed by atoms with Gasteiger partial charge in [0.2, 0.25) is 0 Å². The third kappa shape index (κ3) is 3.24. The maximum atomic E-state index is 5.83. The van der Waals surface area contributed by atoms with Crippen LogP contribution in [0.1, 0.15) is 24.8 Å². The van der Waals surface area contributed by atoms with Crippen molar-refractivity contribution >= 4 is 17.7 Å². The molecule has 2 rings (SSSR count). The van der Waals surface area contributed by atoms with E-state index in [1.54, 1.807) is 0 Å². The van der Waals surface area contributed by atoms with Gasteiger partial charge in [0.15, 0.2) is 0 Å². The second-order valence-electron chi connectivity index (χ2n) is 3.93. The lowest BCUT2D eigenvalue weighted by molar-refractivity contribution is 0.632. The van der Waals surface area contributed by atoms with Gasteiger partial charge in [-0.25, -0.2) is 0 Å². The highest BCUT2D eigenvalue weighted by atomic mass is 35.5. The maximum absolute atomic E-state index is 5.83. The molecule has 1 heteroatoms. The van der Waals surface area contributed by atoms with E-state index in [1.807, 2.05) is 24.3 Å². The SMILES string of the molecule is Clc1ccc(/C=C/[C@H]2C=CCCC2)cc1. The monoisotopic (exact) mass is 218 g/mol. The van der Waals surface area contributed by atoms with Crippen LogP contribution in [-0.2, 0) is 0 Å². The van der Waals surface area contributed by atoms with Crippen molar-refractivity contribution in [3.05, 3.63) is 53.1 Å². The fourth-order valence-electron chi connectivity index (χ4n) is 1.81. The largest absolute Gasteiger partial charge is 0.0879 e. The van der Waals surface area contributed by atoms with Crippen LogP contribution in [0.25, 0.3) is 6.08 Å². The van der Waals surface area contributed by atoms with E-state index in [-0.39, 0.29) is 0 Å². The van der Waals surface area contributed by atoms with Crippen molar-refractivity contribution in [2.45, 2.75) is 19.3 Å². The number of hydrogen-bond acceptors (Lipinski definition) is 0. The molecule has 15 heavy (non-hydrogen) atoms. The average molecular weight is 219 g/mol. The Morgan fingerprint density at radius 2 is 2.00 bits per heavy atom. The van der Waals surface area contributed by atoms with Crippen molar-refractivity contribution in [2.24, 2.45) is 5.92 Å². The van der Waals surface area contributed by atoms with Crippen molar-refractivity contribution in [1.29, 1.82) is 0 Å². The molecule has 0 nitrogen and oxygen atoms in total. The van der Waals surface area contributed by atoms with E-state index in [4.69, 9.17) is 11.6 Å². The lowest BCUT2D eigenvalue weighted by Crippen LogP contribution is -1.95. The Hall–Kier alpha value is -1.01. The number of hydrogen-bond donors (Lipinski definition) is 0. The zero-order valence-corrected chi connectivity index (χ0v) is 9.45. The molecule has 0 unspecified atom stereocenters. The standard InChI is InChI=1S/C14H15Cl/c15-14-10-8-13(9-11-14)7-6-12-4-2-1-3-5-12/h2,4,6-12H,1,3,5H2/b7-6+/t12-/m0/s1. The van der Waals surface area contributed by atoms with Crippen molar-refractivity contribution in [3.63, 3.8) is 0 Å². The van der Waals surface area contributed by atoms with Gasteiger partial charge in [0.1, 0.15) is 0 Å². The van der Waals surface area contributed by atoms with Crippen LogP contribution in [0.5, 0.6) is 0 Å². The zero-order valence-electron chi connectivity index (χ0n) is 8.70. The molecule has 0 N–H and O–H groups in total. The fourth-order valence-corrected chi connectivity index (χ4v) is 1.93. The summed E-state index contributed by atoms with van der Waals surface area (Å²) in [7, 11) is 0. The molecule has 0 spiro atoms. The Balaban J connectivity index is 2.01. The molecule has 0 bridgehead atoms. The summed E-state index contributed by atoms with van der Waals surface area (Å²) < 4.78 is 0. The van der Waals surface area contributed by atoms with Gasteiger partial charge in [0, 0.05) is 5.02 Å². The summed E-state index contributed by atoms with van der Waals surface area (Å²) in [5, 5.41) is 0.796. The van der Waals surface area contributed by atoms with Gasteiger partial charge in [-0.2, -0.15) is 0 Å². The summed E-state index contributed by atoms with van der Waals surface area (Å²) in [5.41, 5.74) is 1.22. The van der Waals surface area contributed by atoms with Gasteiger partial charge in [0.05, 0.1) is 0 Å². The molecule has 0 fully saturated rings. The summed E-state index contributed by atoms with van der Waals surface area (Å²) >= 11 is 5.83. The molecule has 1 aromatic carbocycles. The smallest absolute Gasteiger partial charge is 0.0406 e. The van der Waals surface area contributed by atoms with Crippen LogP contribution in [0.4, 0.5) is 0 Å². The summed E-state index contributed by atoms with van der Waals surface area (Å²) in [5.74, 6) is 0.620. The molecule has 0 heterocycles. The molecule has 1 atom stereocenters. The molecule has 0 radical (unpaired) electrons. The van der Waals surface area contributed by atoms with Crippen LogP contribution in [0.3, 0.4) is 0 Å². The quantitative estimate of drug-likeness (QED) is 0.631. The molecule has 1 aromatic rings. The highest BCUT2D eigenvalue weighted by Gasteiger charge is 2.03.